The van der Waals surface area contributed by atoms with Gasteiger partial charge >= 0.3 is 0 Å². The summed E-state index contributed by atoms with van der Waals surface area (Å²) >= 11 is 14.3. The van der Waals surface area contributed by atoms with E-state index in [1.54, 1.807) is 0 Å². The molecule has 1 N–H and O–H groups in total. The molecule has 1 saturated carbocycles. The van der Waals surface area contributed by atoms with E-state index in [4.69, 9.17) is 37.1 Å². The highest BCUT2D eigenvalue weighted by atomic mass is 35.5. The highest BCUT2D eigenvalue weighted by Crippen LogP contribution is 2.51. The second-order valence-electron chi connectivity index (χ2n) is 13.0. The summed E-state index contributed by atoms with van der Waals surface area (Å²) in [6.07, 6.45) is 4.57. The Morgan fingerprint density at radius 1 is 1.14 bits per heavy atom. The van der Waals surface area contributed by atoms with Gasteiger partial charge in [0, 0.05) is 24.2 Å². The number of aromatic nitrogens is 1. The van der Waals surface area contributed by atoms with E-state index >= 15 is 0 Å². The third-order valence-corrected chi connectivity index (χ3v) is 15.4. The van der Waals surface area contributed by atoms with Crippen molar-refractivity contribution in [3.8, 4) is 11.5 Å². The van der Waals surface area contributed by atoms with E-state index < -0.39 is 13.7 Å². The van der Waals surface area contributed by atoms with Gasteiger partial charge in [0.1, 0.15) is 0 Å². The number of ether oxygens (including phenoxy) is 2. The van der Waals surface area contributed by atoms with Crippen molar-refractivity contribution in [3.05, 3.63) is 68.6 Å². The number of carbonyl (C=O) groups is 1. The summed E-state index contributed by atoms with van der Waals surface area (Å²) in [6.45, 7) is 13.3. The van der Waals surface area contributed by atoms with Crippen molar-refractivity contribution >= 4 is 53.9 Å². The van der Waals surface area contributed by atoms with Crippen molar-refractivity contribution in [1.82, 2.24) is 9.88 Å². The largest absolute Gasteiger partial charge is 0.454 e. The number of hydrogen-bond donors (Lipinski definition) is 1. The minimum Gasteiger partial charge on any atom is -0.454 e. The average Bonchev–Trinajstić information content (AvgIpc) is 3.22. The van der Waals surface area contributed by atoms with Crippen molar-refractivity contribution < 1.29 is 18.7 Å². The zero-order valence-electron chi connectivity index (χ0n) is 24.6. The fourth-order valence-corrected chi connectivity index (χ4v) is 8.23. The number of nitrogens with one attached hydrogen (secondary N) is 1. The van der Waals surface area contributed by atoms with Gasteiger partial charge in [-0.2, -0.15) is 0 Å². The molecule has 0 radical (unpaired) electrons. The van der Waals surface area contributed by atoms with Crippen molar-refractivity contribution in [1.29, 1.82) is 0 Å². The Labute approximate surface area is 262 Å². The van der Waals surface area contributed by atoms with E-state index in [1.165, 1.54) is 11.3 Å². The van der Waals surface area contributed by atoms with Gasteiger partial charge in [0.2, 0.25) is 12.7 Å². The smallest absolute Gasteiger partial charge is 0.236 e. The number of likely N-dealkylation sites (tertiary alicyclic amines) is 1. The lowest BCUT2D eigenvalue weighted by molar-refractivity contribution is -0.118. The normalized spacial score (nSPS) is 20.5. The Morgan fingerprint density at radius 3 is 2.62 bits per heavy atom. The minimum atomic E-state index is -1.91. The van der Waals surface area contributed by atoms with Crippen LogP contribution in [0, 0.1) is 0 Å². The molecule has 0 bridgehead atoms. The summed E-state index contributed by atoms with van der Waals surface area (Å²) in [7, 11) is -1.91. The molecular formula is C31H37Cl2N3O4SSi. The number of fused-ring (bicyclic) bond motifs is 1. The average molecular weight is 647 g/mol. The third-order valence-electron chi connectivity index (χ3n) is 9.19. The van der Waals surface area contributed by atoms with Gasteiger partial charge in [0.25, 0.3) is 0 Å². The van der Waals surface area contributed by atoms with E-state index in [0.29, 0.717) is 26.7 Å². The number of hydrogen-bond acceptors (Lipinski definition) is 7. The summed E-state index contributed by atoms with van der Waals surface area (Å²) in [4.78, 5) is 21.7. The number of carbonyl (C=O) groups excluding carboxylic acids is 1. The first-order valence-electron chi connectivity index (χ1n) is 14.4. The van der Waals surface area contributed by atoms with Crippen LogP contribution < -0.4 is 14.8 Å². The maximum atomic E-state index is 13.6. The lowest BCUT2D eigenvalue weighted by Gasteiger charge is -2.38. The molecule has 3 heterocycles. The molecule has 1 unspecified atom stereocenters. The number of benzene rings is 2. The molecule has 224 valence electrons. The monoisotopic (exact) mass is 645 g/mol. The van der Waals surface area contributed by atoms with Crippen LogP contribution in [0.3, 0.4) is 0 Å². The first-order valence-corrected chi connectivity index (χ1v) is 18.9. The van der Waals surface area contributed by atoms with Gasteiger partial charge in [-0.1, -0.05) is 67.4 Å². The molecule has 3 aliphatic rings. The quantitative estimate of drug-likeness (QED) is 0.250. The Hall–Kier alpha value is -2.14. The number of nitrogens with zero attached hydrogens (tertiary/aromatic N) is 2. The highest BCUT2D eigenvalue weighted by molar-refractivity contribution is 7.15. The van der Waals surface area contributed by atoms with Gasteiger partial charge < -0.3 is 19.2 Å². The number of halogens is 2. The number of amides is 1. The van der Waals surface area contributed by atoms with Gasteiger partial charge in [-0.3, -0.25) is 9.69 Å². The predicted molar refractivity (Wildman–Crippen MR) is 171 cm³/mol. The molecule has 1 amide bonds. The SMILES string of the molecule is CC(C)(C)[Si](C)(C)O[C@@H]1CCN(C(c2ccc(Cl)c(Cl)c2)c2cnc(NC(=O)C3(c4ccc5c(c4)OCO5)CC3)s2)C1. The molecule has 6 rings (SSSR count). The fraction of sp³-hybridized carbons (Fsp3) is 0.484. The minimum absolute atomic E-state index is 0.0441. The maximum Gasteiger partial charge on any atom is 0.236 e. The fourth-order valence-electron chi connectivity index (χ4n) is 5.57. The van der Waals surface area contributed by atoms with Crippen molar-refractivity contribution in [2.45, 2.75) is 75.7 Å². The lowest BCUT2D eigenvalue weighted by Crippen LogP contribution is -2.44. The second kappa shape index (κ2) is 11.1. The Bertz CT molecular complexity index is 1500. The number of anilines is 1. The van der Waals surface area contributed by atoms with Gasteiger partial charge in [-0.25, -0.2) is 4.98 Å². The van der Waals surface area contributed by atoms with Crippen LogP contribution >= 0.6 is 34.5 Å². The third kappa shape index (κ3) is 5.72. The molecule has 11 heteroatoms. The van der Waals surface area contributed by atoms with Crippen LogP contribution in [0.5, 0.6) is 11.5 Å². The van der Waals surface area contributed by atoms with E-state index in [9.17, 15) is 4.79 Å². The van der Waals surface area contributed by atoms with Crippen LogP contribution in [0.4, 0.5) is 5.13 Å². The van der Waals surface area contributed by atoms with Crippen LogP contribution in [0.2, 0.25) is 28.2 Å². The first-order chi connectivity index (χ1) is 19.9. The van der Waals surface area contributed by atoms with Gasteiger partial charge in [0.05, 0.1) is 27.6 Å². The summed E-state index contributed by atoms with van der Waals surface area (Å²) in [5, 5.41) is 4.89. The molecule has 2 fully saturated rings. The molecule has 2 aliphatic heterocycles. The predicted octanol–water partition coefficient (Wildman–Crippen LogP) is 8.03. The highest BCUT2D eigenvalue weighted by Gasteiger charge is 2.52. The standard InChI is InChI=1S/C31H37Cl2N3O4SSi/c1-30(2,3)42(4,5)40-21-10-13-36(17-21)27(19-6-8-22(32)23(33)14-19)26-16-34-29(41-26)35-28(37)31(11-12-31)20-7-9-24-25(15-20)39-18-38-24/h6-9,14-16,21,27H,10-13,17-18H2,1-5H3,(H,34,35,37)/t21-,27?/m1/s1. The van der Waals surface area contributed by atoms with E-state index in [1.807, 2.05) is 42.6 Å². The number of rotatable bonds is 8. The molecule has 2 aromatic carbocycles. The van der Waals surface area contributed by atoms with Crippen molar-refractivity contribution in [3.63, 3.8) is 0 Å². The molecule has 1 saturated heterocycles. The van der Waals surface area contributed by atoms with E-state index in [2.05, 4.69) is 49.1 Å². The molecule has 42 heavy (non-hydrogen) atoms. The number of thiazole rings is 1. The molecule has 2 atom stereocenters. The van der Waals surface area contributed by atoms with Gasteiger partial charge in [0.15, 0.2) is 24.9 Å². The summed E-state index contributed by atoms with van der Waals surface area (Å²) in [5.74, 6) is 1.36. The summed E-state index contributed by atoms with van der Waals surface area (Å²) < 4.78 is 17.8. The molecule has 0 spiro atoms. The second-order valence-corrected chi connectivity index (χ2v) is 19.7. The Kier molecular flexibility index (Phi) is 7.90. The summed E-state index contributed by atoms with van der Waals surface area (Å²) in [5.41, 5.74) is 1.41. The maximum absolute atomic E-state index is 13.6. The van der Waals surface area contributed by atoms with Crippen LogP contribution in [0.15, 0.2) is 42.6 Å². The summed E-state index contributed by atoms with van der Waals surface area (Å²) in [6, 6.07) is 11.5. The molecular weight excluding hydrogens is 609 g/mol. The van der Waals surface area contributed by atoms with E-state index in [-0.39, 0.29) is 29.9 Å². The molecule has 7 nitrogen and oxygen atoms in total. The van der Waals surface area contributed by atoms with Crippen LogP contribution in [-0.4, -0.2) is 50.1 Å². The Morgan fingerprint density at radius 2 is 1.90 bits per heavy atom. The zero-order valence-corrected chi connectivity index (χ0v) is 28.0. The van der Waals surface area contributed by atoms with Crippen LogP contribution in [0.1, 0.15) is 62.1 Å². The lowest BCUT2D eigenvalue weighted by atomic mass is 9.94. The molecule has 1 aromatic heterocycles. The van der Waals surface area contributed by atoms with Crippen molar-refractivity contribution in [2.24, 2.45) is 0 Å². The van der Waals surface area contributed by atoms with Gasteiger partial charge in [-0.15, -0.1) is 0 Å². The van der Waals surface area contributed by atoms with Crippen LogP contribution in [-0.2, 0) is 14.6 Å². The molecule has 3 aromatic rings. The first kappa shape index (κ1) is 29.9. The van der Waals surface area contributed by atoms with Crippen molar-refractivity contribution in [2.75, 3.05) is 25.2 Å². The van der Waals surface area contributed by atoms with Crippen LogP contribution in [0.25, 0.3) is 0 Å². The zero-order chi connectivity index (χ0) is 29.9. The topological polar surface area (TPSA) is 72.9 Å². The molecule has 1 aliphatic carbocycles. The van der Waals surface area contributed by atoms with E-state index in [0.717, 1.165) is 48.4 Å². The Balaban J connectivity index is 1.22. The van der Waals surface area contributed by atoms with Gasteiger partial charge in [-0.05, 0) is 72.8 Å².